The van der Waals surface area contributed by atoms with Crippen molar-refractivity contribution in [3.8, 4) is 0 Å². The van der Waals surface area contributed by atoms with Crippen molar-refractivity contribution >= 4 is 27.5 Å². The van der Waals surface area contributed by atoms with E-state index in [-0.39, 0.29) is 0 Å². The number of aliphatic imine (C=N–C) groups is 1. The Bertz CT molecular complexity index is 128. The molecule has 1 aliphatic heterocycles. The number of thiol groups is 1. The lowest BCUT2D eigenvalue weighted by Gasteiger charge is -1.99. The molecule has 1 rings (SSSR count). The zero-order valence-corrected chi connectivity index (χ0v) is 6.08. The molecule has 0 fully saturated rings. The van der Waals surface area contributed by atoms with Crippen LogP contribution in [0.3, 0.4) is 0 Å². The van der Waals surface area contributed by atoms with Crippen LogP contribution >= 0.6 is 22.5 Å². The van der Waals surface area contributed by atoms with E-state index in [0.717, 1.165) is 18.0 Å². The van der Waals surface area contributed by atoms with Crippen LogP contribution in [0.25, 0.3) is 0 Å². The van der Waals surface area contributed by atoms with E-state index in [0.29, 0.717) is 0 Å². The second-order valence-corrected chi connectivity index (χ2v) is 2.65. The Morgan fingerprint density at radius 2 is 2.62 bits per heavy atom. The summed E-state index contributed by atoms with van der Waals surface area (Å²) >= 11 is 4.00. The molecule has 0 aliphatic carbocycles. The lowest BCUT2D eigenvalue weighted by molar-refractivity contribution is 1.000. The van der Waals surface area contributed by atoms with Crippen LogP contribution in [0.2, 0.25) is 0 Å². The smallest absolute Gasteiger partial charge is 0.100 e. The second kappa shape index (κ2) is 3.20. The third kappa shape index (κ3) is 1.56. The van der Waals surface area contributed by atoms with Crippen LogP contribution in [0, 0.1) is 0 Å². The molecule has 44 valence electrons. The van der Waals surface area contributed by atoms with Crippen LogP contribution in [0.1, 0.15) is 6.42 Å². The second-order valence-electron chi connectivity index (χ2n) is 1.50. The topological polar surface area (TPSA) is 12.4 Å². The number of rotatable bonds is 0. The van der Waals surface area contributed by atoms with Crippen molar-refractivity contribution in [3.05, 3.63) is 12.2 Å². The molecule has 0 bridgehead atoms. The fourth-order valence-corrected chi connectivity index (χ4v) is 1.21. The van der Waals surface area contributed by atoms with Gasteiger partial charge in [0.1, 0.15) is 5.04 Å². The van der Waals surface area contributed by atoms with Gasteiger partial charge in [-0.2, -0.15) is 0 Å². The molecule has 0 aromatic heterocycles. The van der Waals surface area contributed by atoms with E-state index in [1.54, 1.807) is 0 Å². The first-order valence-electron chi connectivity index (χ1n) is 2.46. The van der Waals surface area contributed by atoms with Gasteiger partial charge in [0.05, 0.1) is 0 Å². The van der Waals surface area contributed by atoms with Gasteiger partial charge in [0.25, 0.3) is 0 Å². The highest BCUT2D eigenvalue weighted by Gasteiger charge is 1.93. The molecule has 0 N–H and O–H groups in total. The maximum absolute atomic E-state index is 4.16. The Morgan fingerprint density at radius 1 is 1.75 bits per heavy atom. The van der Waals surface area contributed by atoms with Crippen molar-refractivity contribution in [1.29, 1.82) is 0 Å². The summed E-state index contributed by atoms with van der Waals surface area (Å²) in [5, 5.41) is 1.03. The number of hydrogen-bond donors (Lipinski definition) is 1. The van der Waals surface area contributed by atoms with Crippen LogP contribution in [0.5, 0.6) is 0 Å². The predicted octanol–water partition coefficient (Wildman–Crippen LogP) is 1.92. The Kier molecular flexibility index (Phi) is 2.49. The third-order valence-electron chi connectivity index (χ3n) is 0.917. The van der Waals surface area contributed by atoms with E-state index in [1.165, 1.54) is 10.8 Å². The maximum atomic E-state index is 4.16. The normalized spacial score (nSPS) is 18.4. The Labute approximate surface area is 58.1 Å². The summed E-state index contributed by atoms with van der Waals surface area (Å²) in [5.41, 5.74) is 0. The maximum Gasteiger partial charge on any atom is 0.100 e. The van der Waals surface area contributed by atoms with E-state index in [2.05, 4.69) is 22.7 Å². The van der Waals surface area contributed by atoms with Crippen LogP contribution in [-0.4, -0.2) is 11.6 Å². The Hall–Kier alpha value is 0.110. The summed E-state index contributed by atoms with van der Waals surface area (Å²) in [7, 11) is 1.40. The van der Waals surface area contributed by atoms with Crippen LogP contribution < -0.4 is 0 Å². The quantitative estimate of drug-likeness (QED) is 0.406. The number of nitrogens with zero attached hydrogens (tertiary/aromatic N) is 1. The van der Waals surface area contributed by atoms with Crippen LogP contribution in [0.15, 0.2) is 17.1 Å². The molecule has 0 radical (unpaired) electrons. The average Bonchev–Trinajstić information content (AvgIpc) is 1.90. The summed E-state index contributed by atoms with van der Waals surface area (Å²) in [6.07, 6.45) is 5.20. The number of hydrogen-bond acceptors (Lipinski definition) is 3. The van der Waals surface area contributed by atoms with Crippen molar-refractivity contribution in [1.82, 2.24) is 0 Å². The Morgan fingerprint density at radius 3 is 3.00 bits per heavy atom. The molecule has 0 unspecified atom stereocenters. The van der Waals surface area contributed by atoms with Gasteiger partial charge in [-0.3, -0.25) is 4.99 Å². The highest BCUT2D eigenvalue weighted by molar-refractivity contribution is 8.75. The van der Waals surface area contributed by atoms with Crippen molar-refractivity contribution in [2.45, 2.75) is 6.42 Å². The lowest BCUT2D eigenvalue weighted by atomic mass is 10.3. The van der Waals surface area contributed by atoms with Gasteiger partial charge in [-0.05, 0) is 23.3 Å². The van der Waals surface area contributed by atoms with Gasteiger partial charge >= 0.3 is 0 Å². The SMILES string of the molecule is SSC1=NCCC=C1. The first-order valence-corrected chi connectivity index (χ1v) is 4.33. The van der Waals surface area contributed by atoms with Crippen molar-refractivity contribution in [3.63, 3.8) is 0 Å². The van der Waals surface area contributed by atoms with E-state index in [9.17, 15) is 0 Å². The standard InChI is InChI=1S/C5H7NS2/c7-8-5-3-1-2-4-6-5/h1,3,7H,2,4H2. The highest BCUT2D eigenvalue weighted by atomic mass is 33.1. The molecule has 0 aromatic carbocycles. The van der Waals surface area contributed by atoms with Gasteiger partial charge < -0.3 is 0 Å². The minimum Gasteiger partial charge on any atom is -0.277 e. The van der Waals surface area contributed by atoms with Gasteiger partial charge in [-0.25, -0.2) is 0 Å². The van der Waals surface area contributed by atoms with Crippen molar-refractivity contribution in [2.24, 2.45) is 4.99 Å². The molecular formula is C5H7NS2. The molecule has 0 saturated carbocycles. The molecule has 1 nitrogen and oxygen atoms in total. The summed E-state index contributed by atoms with van der Waals surface area (Å²) < 4.78 is 0. The first-order chi connectivity index (χ1) is 3.93. The monoisotopic (exact) mass is 145 g/mol. The summed E-state index contributed by atoms with van der Waals surface area (Å²) in [4.78, 5) is 4.16. The molecule has 1 aliphatic rings. The van der Waals surface area contributed by atoms with E-state index >= 15 is 0 Å². The average molecular weight is 145 g/mol. The van der Waals surface area contributed by atoms with Gasteiger partial charge in [0.15, 0.2) is 0 Å². The summed E-state index contributed by atoms with van der Waals surface area (Å²) in [6, 6.07) is 0. The molecular weight excluding hydrogens is 138 g/mol. The molecule has 3 heteroatoms. The van der Waals surface area contributed by atoms with Crippen molar-refractivity contribution in [2.75, 3.05) is 6.54 Å². The fourth-order valence-electron chi connectivity index (χ4n) is 0.545. The molecule has 0 atom stereocenters. The molecule has 0 amide bonds. The van der Waals surface area contributed by atoms with E-state index < -0.39 is 0 Å². The summed E-state index contributed by atoms with van der Waals surface area (Å²) in [6.45, 7) is 0.930. The van der Waals surface area contributed by atoms with E-state index in [1.807, 2.05) is 6.08 Å². The molecule has 0 aromatic rings. The molecule has 1 heterocycles. The zero-order valence-electron chi connectivity index (χ0n) is 4.37. The highest BCUT2D eigenvalue weighted by Crippen LogP contribution is 2.12. The Balaban J connectivity index is 2.51. The molecule has 8 heavy (non-hydrogen) atoms. The van der Waals surface area contributed by atoms with Crippen LogP contribution in [-0.2, 0) is 0 Å². The van der Waals surface area contributed by atoms with Crippen LogP contribution in [0.4, 0.5) is 0 Å². The van der Waals surface area contributed by atoms with Crippen molar-refractivity contribution < 1.29 is 0 Å². The fraction of sp³-hybridized carbons (Fsp3) is 0.400. The minimum absolute atomic E-state index is 0.930. The lowest BCUT2D eigenvalue weighted by Crippen LogP contribution is -1.91. The molecule has 0 spiro atoms. The van der Waals surface area contributed by atoms with Gasteiger partial charge in [0, 0.05) is 6.54 Å². The van der Waals surface area contributed by atoms with E-state index in [4.69, 9.17) is 0 Å². The van der Waals surface area contributed by atoms with Gasteiger partial charge in [-0.15, -0.1) is 11.7 Å². The first kappa shape index (κ1) is 6.23. The van der Waals surface area contributed by atoms with Gasteiger partial charge in [-0.1, -0.05) is 6.08 Å². The minimum atomic E-state index is 0.930. The zero-order chi connectivity index (χ0) is 5.82. The predicted molar refractivity (Wildman–Crippen MR) is 42.6 cm³/mol. The summed E-state index contributed by atoms with van der Waals surface area (Å²) in [5.74, 6) is 0. The largest absolute Gasteiger partial charge is 0.277 e. The molecule has 0 saturated heterocycles. The van der Waals surface area contributed by atoms with Gasteiger partial charge in [0.2, 0.25) is 0 Å². The third-order valence-corrected chi connectivity index (χ3v) is 1.93. The number of dihydropyridines is 1.